The lowest BCUT2D eigenvalue weighted by Crippen LogP contribution is -2.62. The number of pyridine rings is 1. The van der Waals surface area contributed by atoms with E-state index in [-0.39, 0.29) is 43.7 Å². The van der Waals surface area contributed by atoms with Crippen LogP contribution in [-0.4, -0.2) is 134 Å². The Bertz CT molecular complexity index is 2550. The summed E-state index contributed by atoms with van der Waals surface area (Å²) in [5.74, 6) is -3.12. The molecule has 3 N–H and O–H groups in total. The van der Waals surface area contributed by atoms with Gasteiger partial charge in [0.15, 0.2) is 0 Å². The highest BCUT2D eigenvalue weighted by Gasteiger charge is 2.45. The van der Waals surface area contributed by atoms with Crippen molar-refractivity contribution in [2.75, 3.05) is 40.3 Å². The Kier molecular flexibility index (Phi) is 13.9. The van der Waals surface area contributed by atoms with Crippen LogP contribution < -0.4 is 10.7 Å². The van der Waals surface area contributed by atoms with Crippen molar-refractivity contribution in [1.82, 2.24) is 40.0 Å². The third-order valence-electron chi connectivity index (χ3n) is 13.2. The van der Waals surface area contributed by atoms with E-state index in [0.29, 0.717) is 43.5 Å². The van der Waals surface area contributed by atoms with E-state index in [1.165, 1.54) is 46.3 Å². The summed E-state index contributed by atoms with van der Waals surface area (Å²) in [4.78, 5) is 89.9. The summed E-state index contributed by atoms with van der Waals surface area (Å²) in [7, 11) is 2.97. The van der Waals surface area contributed by atoms with Crippen LogP contribution in [0.5, 0.6) is 5.75 Å². The first-order valence-electron chi connectivity index (χ1n) is 23.1. The lowest BCUT2D eigenvalue weighted by atomic mass is 9.84. The second kappa shape index (κ2) is 19.3. The van der Waals surface area contributed by atoms with Crippen LogP contribution >= 0.6 is 0 Å². The van der Waals surface area contributed by atoms with Crippen molar-refractivity contribution < 1.29 is 38.6 Å². The molecule has 0 aliphatic carbocycles. The predicted octanol–water partition coefficient (Wildman–Crippen LogP) is 4.48. The Morgan fingerprint density at radius 3 is 2.48 bits per heavy atom. The molecule has 0 saturated carbocycles. The van der Waals surface area contributed by atoms with Gasteiger partial charge in [-0.15, -0.1) is 0 Å². The molecule has 3 aliphatic rings. The Labute approximate surface area is 386 Å². The van der Waals surface area contributed by atoms with Crippen molar-refractivity contribution in [3.05, 3.63) is 71.5 Å². The maximum atomic E-state index is 14.7. The van der Waals surface area contributed by atoms with Crippen molar-refractivity contribution in [3.63, 3.8) is 0 Å². The van der Waals surface area contributed by atoms with Gasteiger partial charge in [0.05, 0.1) is 25.4 Å². The summed E-state index contributed by atoms with van der Waals surface area (Å²) >= 11 is 0. The van der Waals surface area contributed by atoms with E-state index in [4.69, 9.17) is 4.74 Å². The molecule has 0 radical (unpaired) electrons. The van der Waals surface area contributed by atoms with E-state index < -0.39 is 59.2 Å². The highest BCUT2D eigenvalue weighted by molar-refractivity contribution is 5.97. The molecule has 66 heavy (non-hydrogen) atoms. The number of ether oxygens (including phenoxy) is 1. The van der Waals surface area contributed by atoms with Crippen LogP contribution in [0.2, 0.25) is 0 Å². The number of carbonyl (C=O) groups is 6. The number of hydrogen-bond acceptors (Lipinski definition) is 10. The topological polar surface area (TPSA) is 186 Å². The normalized spacial score (nSPS) is 20.1. The van der Waals surface area contributed by atoms with Crippen LogP contribution in [0.1, 0.15) is 78.0 Å². The van der Waals surface area contributed by atoms with Gasteiger partial charge in [-0.2, -0.15) is 0 Å². The number of rotatable bonds is 10. The number of benzene rings is 2. The molecule has 352 valence electrons. The number of cyclic esters (lactones) is 1. The second-order valence-corrected chi connectivity index (χ2v) is 19.2. The molecule has 7 rings (SSSR count). The number of amides is 5. The number of aromatic nitrogens is 2. The zero-order valence-electron chi connectivity index (χ0n) is 39.6. The summed E-state index contributed by atoms with van der Waals surface area (Å²) in [6, 6.07) is 9.78. The minimum absolute atomic E-state index is 0.0220. The largest absolute Gasteiger partial charge is 0.508 e. The van der Waals surface area contributed by atoms with E-state index >= 15 is 0 Å². The van der Waals surface area contributed by atoms with Gasteiger partial charge in [0, 0.05) is 74.8 Å². The molecule has 2 aromatic heterocycles. The smallest absolute Gasteiger partial charge is 0.324 e. The predicted molar refractivity (Wildman–Crippen MR) is 249 cm³/mol. The Morgan fingerprint density at radius 1 is 1.05 bits per heavy atom. The van der Waals surface area contributed by atoms with Gasteiger partial charge in [-0.05, 0) is 96.7 Å². The molecule has 2 fully saturated rings. The SMILES string of the molecule is CCc1ccncc1-c1c2c3cc(ccc3n1CC)-c1cc(O)cc(c1)C[C@H](NC(=O)[C@H](C(C)C)N(C)C(=O)CN(C)C(=O)C1CN1C(C)=O)C(=O)N1CCC[C@H](N1)C(=O)OCC(C)(C)C2. The summed E-state index contributed by atoms with van der Waals surface area (Å²) in [5, 5.41) is 16.6. The number of carbonyl (C=O) groups excluding carboxylic acids is 6. The van der Waals surface area contributed by atoms with Crippen LogP contribution in [0.3, 0.4) is 0 Å². The van der Waals surface area contributed by atoms with Crippen LogP contribution in [0.15, 0.2) is 54.9 Å². The van der Waals surface area contributed by atoms with Crippen molar-refractivity contribution in [2.45, 2.75) is 111 Å². The fraction of sp³-hybridized carbons (Fsp3) is 0.500. The number of phenols is 1. The molecule has 5 amide bonds. The molecule has 5 heterocycles. The summed E-state index contributed by atoms with van der Waals surface area (Å²) < 4.78 is 8.39. The average Bonchev–Trinajstić information content (AvgIpc) is 4.04. The van der Waals surface area contributed by atoms with Crippen LogP contribution in [-0.2, 0) is 59.3 Å². The number of likely N-dealkylation sites (N-methyl/N-ethyl adjacent to an activating group) is 2. The summed E-state index contributed by atoms with van der Waals surface area (Å²) in [6.07, 6.45) is 6.01. The Hall–Kier alpha value is -6.29. The standard InChI is InChI=1S/C50H64N8O8/c1-10-32-16-17-51-25-38(32)45-37-24-50(6,7)28-66-49(65)39-13-12-18-58(53-39)47(63)40(21-31-19-34(22-35(60)20-31)33-14-15-41(36(37)23-33)56(45)11-2)52-46(62)44(29(3)4)55(9)43(61)27-54(8)48(64)42-26-57(42)30(5)59/h14-17,19-20,22-23,25,29,39-40,42,44,53,60H,10-13,18,21,24,26-28H2,1-9H3,(H,52,62)/t39-,40-,42?,44-,57?/m0/s1. The number of aryl methyl sites for hydroxylation is 2. The van der Waals surface area contributed by atoms with Gasteiger partial charge in [-0.25, -0.2) is 5.43 Å². The second-order valence-electron chi connectivity index (χ2n) is 19.2. The molecule has 16 heteroatoms. The molecule has 4 atom stereocenters. The maximum absolute atomic E-state index is 14.7. The fourth-order valence-corrected chi connectivity index (χ4v) is 9.64. The first kappa shape index (κ1) is 47.7. The summed E-state index contributed by atoms with van der Waals surface area (Å²) in [6.45, 7) is 14.4. The van der Waals surface area contributed by atoms with Gasteiger partial charge in [-0.3, -0.25) is 38.8 Å². The molecule has 16 nitrogen and oxygen atoms in total. The van der Waals surface area contributed by atoms with E-state index in [1.807, 2.05) is 24.5 Å². The molecule has 1 unspecified atom stereocenters. The zero-order valence-corrected chi connectivity index (χ0v) is 39.6. The number of hydrogen-bond donors (Lipinski definition) is 3. The van der Waals surface area contributed by atoms with Gasteiger partial charge in [0.1, 0.15) is 29.9 Å². The van der Waals surface area contributed by atoms with Gasteiger partial charge in [-0.1, -0.05) is 46.8 Å². The fourth-order valence-electron chi connectivity index (χ4n) is 9.64. The van der Waals surface area contributed by atoms with Crippen LogP contribution in [0.25, 0.3) is 33.3 Å². The molecular weight excluding hydrogens is 841 g/mol. The third kappa shape index (κ3) is 9.93. The van der Waals surface area contributed by atoms with E-state index in [9.17, 15) is 33.9 Å². The lowest BCUT2D eigenvalue weighted by molar-refractivity contribution is -0.155. The monoisotopic (exact) mass is 904 g/mol. The number of hydrazine groups is 1. The number of fused-ring (bicyclic) bond motifs is 6. The molecule has 2 aromatic carbocycles. The number of aromatic hydroxyl groups is 1. The van der Waals surface area contributed by atoms with Gasteiger partial charge in [0.25, 0.3) is 5.91 Å². The molecule has 3 aliphatic heterocycles. The Morgan fingerprint density at radius 2 is 1.80 bits per heavy atom. The zero-order chi connectivity index (χ0) is 47.8. The number of nitrogens with zero attached hydrogens (tertiary/aromatic N) is 6. The Balaban J connectivity index is 1.27. The minimum Gasteiger partial charge on any atom is -0.508 e. The van der Waals surface area contributed by atoms with Crippen molar-refractivity contribution in [1.29, 1.82) is 0 Å². The third-order valence-corrected chi connectivity index (χ3v) is 13.2. The first-order valence-corrected chi connectivity index (χ1v) is 23.1. The highest BCUT2D eigenvalue weighted by Crippen LogP contribution is 2.41. The lowest BCUT2D eigenvalue weighted by Gasteiger charge is -2.37. The number of phenolic OH excluding ortho intramolecular Hbond substituents is 1. The summed E-state index contributed by atoms with van der Waals surface area (Å²) in [5.41, 5.74) is 10.1. The van der Waals surface area contributed by atoms with E-state index in [0.717, 1.165) is 39.7 Å². The minimum atomic E-state index is -1.20. The highest BCUT2D eigenvalue weighted by atomic mass is 16.5. The van der Waals surface area contributed by atoms with Crippen LogP contribution in [0, 0.1) is 11.3 Å². The molecule has 0 spiro atoms. The number of esters is 1. The average molecular weight is 905 g/mol. The number of nitrogens with one attached hydrogen (secondary N) is 2. The van der Waals surface area contributed by atoms with Crippen molar-refractivity contribution >= 4 is 46.4 Å². The molecule has 6 bridgehead atoms. The van der Waals surface area contributed by atoms with E-state index in [1.54, 1.807) is 26.0 Å². The molecule has 2 saturated heterocycles. The maximum Gasteiger partial charge on any atom is 0.324 e. The molecule has 4 aromatic rings. The van der Waals surface area contributed by atoms with Gasteiger partial charge >= 0.3 is 5.97 Å². The van der Waals surface area contributed by atoms with Crippen molar-refractivity contribution in [3.8, 4) is 28.1 Å². The first-order chi connectivity index (χ1) is 31.3. The van der Waals surface area contributed by atoms with Gasteiger partial charge < -0.3 is 34.4 Å². The quantitative estimate of drug-likeness (QED) is 0.151. The van der Waals surface area contributed by atoms with Crippen LogP contribution in [0.4, 0.5) is 0 Å². The van der Waals surface area contributed by atoms with E-state index in [2.05, 4.69) is 66.2 Å². The molecular formula is C50H64N8O8. The van der Waals surface area contributed by atoms with Gasteiger partial charge in [0.2, 0.25) is 23.6 Å². The van der Waals surface area contributed by atoms with Crippen molar-refractivity contribution in [2.24, 2.45) is 11.3 Å².